The number of rotatable bonds is 3. The van der Waals surface area contributed by atoms with Crippen LogP contribution in [0.25, 0.3) is 0 Å². The van der Waals surface area contributed by atoms with Gasteiger partial charge in [0.1, 0.15) is 11.4 Å². The van der Waals surface area contributed by atoms with E-state index in [9.17, 15) is 19.8 Å². The van der Waals surface area contributed by atoms with Gasteiger partial charge in [0.25, 0.3) is 0 Å². The molecule has 6 nitrogen and oxygen atoms in total. The number of carbonyl (C=O) groups is 2. The van der Waals surface area contributed by atoms with Crippen LogP contribution < -0.4 is 5.73 Å². The third-order valence-electron chi connectivity index (χ3n) is 2.38. The first-order valence-corrected chi connectivity index (χ1v) is 5.62. The summed E-state index contributed by atoms with van der Waals surface area (Å²) in [5, 5.41) is 18.4. The molecule has 1 aromatic carbocycles. The van der Waals surface area contributed by atoms with Crippen LogP contribution >= 0.6 is 0 Å². The molecule has 0 radical (unpaired) electrons. The monoisotopic (exact) mass is 267 g/mol. The van der Waals surface area contributed by atoms with Gasteiger partial charge in [0.15, 0.2) is 0 Å². The lowest BCUT2D eigenvalue weighted by atomic mass is 9.91. The van der Waals surface area contributed by atoms with Crippen LogP contribution in [0.15, 0.2) is 24.3 Å². The van der Waals surface area contributed by atoms with E-state index >= 15 is 0 Å². The van der Waals surface area contributed by atoms with Gasteiger partial charge >= 0.3 is 11.9 Å². The van der Waals surface area contributed by atoms with Gasteiger partial charge in [0.05, 0.1) is 0 Å². The number of aliphatic carboxylic acids is 1. The maximum Gasteiger partial charge on any atom is 0.343 e. The first-order chi connectivity index (χ1) is 8.57. The molecule has 0 aliphatic heterocycles. The van der Waals surface area contributed by atoms with Gasteiger partial charge in [-0.15, -0.1) is 0 Å². The summed E-state index contributed by atoms with van der Waals surface area (Å²) in [6.07, 6.45) is 0. The maximum absolute atomic E-state index is 12.0. The summed E-state index contributed by atoms with van der Waals surface area (Å²) in [6, 6.07) is 5.05. The molecule has 0 saturated carbocycles. The van der Waals surface area contributed by atoms with Gasteiger partial charge in [-0.2, -0.15) is 0 Å². The number of phenolic OH excluding ortho intramolecular Hbond substituents is 1. The van der Waals surface area contributed by atoms with Crippen LogP contribution in [-0.4, -0.2) is 27.8 Å². The van der Waals surface area contributed by atoms with Crippen LogP contribution in [0.3, 0.4) is 0 Å². The number of carboxylic acid groups (broad SMARTS) is 1. The fourth-order valence-corrected chi connectivity index (χ4v) is 1.41. The third-order valence-corrected chi connectivity index (χ3v) is 2.38. The zero-order chi connectivity index (χ0) is 14.8. The molecular formula is C13H17NO5. The molecule has 1 aromatic rings. The molecule has 0 saturated heterocycles. The SMILES string of the molecule is CC(C)(C)OC(=O)[C@](N)(C(=O)O)c1ccc(O)cc1. The molecule has 0 amide bonds. The van der Waals surface area contributed by atoms with Crippen LogP contribution in [-0.2, 0) is 19.9 Å². The fourth-order valence-electron chi connectivity index (χ4n) is 1.41. The Balaban J connectivity index is 3.21. The lowest BCUT2D eigenvalue weighted by Crippen LogP contribution is -2.54. The van der Waals surface area contributed by atoms with Crippen molar-refractivity contribution in [3.05, 3.63) is 29.8 Å². The van der Waals surface area contributed by atoms with Crippen molar-refractivity contribution in [2.45, 2.75) is 31.9 Å². The van der Waals surface area contributed by atoms with Crippen LogP contribution in [0, 0.1) is 0 Å². The second-order valence-corrected chi connectivity index (χ2v) is 5.16. The molecular weight excluding hydrogens is 250 g/mol. The summed E-state index contributed by atoms with van der Waals surface area (Å²) in [5.74, 6) is -2.63. The van der Waals surface area contributed by atoms with Gasteiger partial charge < -0.3 is 20.7 Å². The highest BCUT2D eigenvalue weighted by Crippen LogP contribution is 2.25. The van der Waals surface area contributed by atoms with Gasteiger partial charge in [-0.3, -0.25) is 0 Å². The van der Waals surface area contributed by atoms with E-state index in [1.807, 2.05) is 0 Å². The Morgan fingerprint density at radius 2 is 1.63 bits per heavy atom. The Kier molecular flexibility index (Phi) is 3.86. The summed E-state index contributed by atoms with van der Waals surface area (Å²) in [4.78, 5) is 23.4. The van der Waals surface area contributed by atoms with Crippen molar-refractivity contribution in [3.63, 3.8) is 0 Å². The minimum absolute atomic E-state index is 0.0343. The maximum atomic E-state index is 12.0. The molecule has 1 atom stereocenters. The average molecular weight is 267 g/mol. The van der Waals surface area contributed by atoms with E-state index in [4.69, 9.17) is 10.5 Å². The van der Waals surface area contributed by atoms with E-state index in [0.717, 1.165) is 0 Å². The molecule has 0 aromatic heterocycles. The Morgan fingerprint density at radius 3 is 2.00 bits per heavy atom. The van der Waals surface area contributed by atoms with Gasteiger partial charge in [-0.05, 0) is 38.5 Å². The molecule has 0 bridgehead atoms. The molecule has 0 spiro atoms. The van der Waals surface area contributed by atoms with Crippen molar-refractivity contribution < 1.29 is 24.5 Å². The van der Waals surface area contributed by atoms with Crippen LogP contribution in [0.4, 0.5) is 0 Å². The van der Waals surface area contributed by atoms with Gasteiger partial charge in [0, 0.05) is 0 Å². The standard InChI is InChI=1S/C13H17NO5/c1-12(2,3)19-11(18)13(14,10(16)17)8-4-6-9(15)7-5-8/h4-7,15H,14H2,1-3H3,(H,16,17)/t13-/m1/s1. The molecule has 0 heterocycles. The van der Waals surface area contributed by atoms with Crippen molar-refractivity contribution in [1.29, 1.82) is 0 Å². The van der Waals surface area contributed by atoms with Crippen molar-refractivity contribution in [3.8, 4) is 5.75 Å². The lowest BCUT2D eigenvalue weighted by Gasteiger charge is -2.28. The number of esters is 1. The third kappa shape index (κ3) is 3.23. The van der Waals surface area contributed by atoms with E-state index < -0.39 is 23.1 Å². The first-order valence-electron chi connectivity index (χ1n) is 5.62. The van der Waals surface area contributed by atoms with Gasteiger partial charge in [0.2, 0.25) is 5.54 Å². The minimum Gasteiger partial charge on any atom is -0.508 e. The normalized spacial score (nSPS) is 14.5. The van der Waals surface area contributed by atoms with Gasteiger partial charge in [-0.25, -0.2) is 9.59 Å². The zero-order valence-corrected chi connectivity index (χ0v) is 11.0. The molecule has 19 heavy (non-hydrogen) atoms. The summed E-state index contributed by atoms with van der Waals surface area (Å²) in [5.41, 5.74) is 2.58. The zero-order valence-electron chi connectivity index (χ0n) is 11.0. The number of hydrogen-bond donors (Lipinski definition) is 3. The fraction of sp³-hybridized carbons (Fsp3) is 0.385. The number of ether oxygens (including phenoxy) is 1. The molecule has 0 aliphatic carbocycles. The number of phenols is 1. The highest BCUT2D eigenvalue weighted by molar-refractivity contribution is 6.04. The van der Waals surface area contributed by atoms with E-state index in [-0.39, 0.29) is 11.3 Å². The van der Waals surface area contributed by atoms with Crippen LogP contribution in [0.1, 0.15) is 26.3 Å². The molecule has 0 unspecified atom stereocenters. The molecule has 0 aliphatic rings. The molecule has 4 N–H and O–H groups in total. The quantitative estimate of drug-likeness (QED) is 0.556. The van der Waals surface area contributed by atoms with E-state index in [1.54, 1.807) is 20.8 Å². The van der Waals surface area contributed by atoms with Crippen molar-refractivity contribution >= 4 is 11.9 Å². The molecule has 0 fully saturated rings. The summed E-state index contributed by atoms with van der Waals surface area (Å²) >= 11 is 0. The van der Waals surface area contributed by atoms with Gasteiger partial charge in [-0.1, -0.05) is 12.1 Å². The highest BCUT2D eigenvalue weighted by Gasteiger charge is 2.47. The van der Waals surface area contributed by atoms with E-state index in [0.29, 0.717) is 0 Å². The molecule has 6 heteroatoms. The summed E-state index contributed by atoms with van der Waals surface area (Å²) in [7, 11) is 0. The molecule has 1 rings (SSSR count). The number of aromatic hydroxyl groups is 1. The van der Waals surface area contributed by atoms with Crippen molar-refractivity contribution in [2.24, 2.45) is 5.73 Å². The number of hydrogen-bond acceptors (Lipinski definition) is 5. The highest BCUT2D eigenvalue weighted by atomic mass is 16.6. The number of carboxylic acids is 1. The largest absolute Gasteiger partial charge is 0.508 e. The predicted octanol–water partition coefficient (Wildman–Crippen LogP) is 0.972. The van der Waals surface area contributed by atoms with E-state index in [1.165, 1.54) is 24.3 Å². The number of carbonyl (C=O) groups excluding carboxylic acids is 1. The second-order valence-electron chi connectivity index (χ2n) is 5.16. The predicted molar refractivity (Wildman–Crippen MR) is 67.5 cm³/mol. The van der Waals surface area contributed by atoms with Crippen LogP contribution in [0.2, 0.25) is 0 Å². The topological polar surface area (TPSA) is 110 Å². The number of nitrogens with two attached hydrogens (primary N) is 1. The van der Waals surface area contributed by atoms with Crippen molar-refractivity contribution in [2.75, 3.05) is 0 Å². The van der Waals surface area contributed by atoms with E-state index in [2.05, 4.69) is 0 Å². The molecule has 104 valence electrons. The smallest absolute Gasteiger partial charge is 0.343 e. The van der Waals surface area contributed by atoms with Crippen LogP contribution in [0.5, 0.6) is 5.75 Å². The Hall–Kier alpha value is -2.08. The lowest BCUT2D eigenvalue weighted by molar-refractivity contribution is -0.169. The summed E-state index contributed by atoms with van der Waals surface area (Å²) < 4.78 is 5.04. The van der Waals surface area contributed by atoms with Crippen molar-refractivity contribution in [1.82, 2.24) is 0 Å². The number of benzene rings is 1. The first kappa shape index (κ1) is 15.0. The Bertz CT molecular complexity index is 489. The summed E-state index contributed by atoms with van der Waals surface area (Å²) in [6.45, 7) is 4.85. The Labute approximate surface area is 110 Å². The average Bonchev–Trinajstić information content (AvgIpc) is 2.26. The Morgan fingerprint density at radius 1 is 1.16 bits per heavy atom. The minimum atomic E-state index is -2.30. The second kappa shape index (κ2) is 4.89.